The Morgan fingerprint density at radius 2 is 2.12 bits per heavy atom. The summed E-state index contributed by atoms with van der Waals surface area (Å²) in [5.41, 5.74) is -3.11. The van der Waals surface area contributed by atoms with Crippen molar-refractivity contribution in [2.75, 3.05) is 25.6 Å². The highest BCUT2D eigenvalue weighted by Gasteiger charge is 2.54. The van der Waals surface area contributed by atoms with Crippen molar-refractivity contribution >= 4 is 36.7 Å². The number of hydrogen-bond acceptors (Lipinski definition) is 10. The average Bonchev–Trinajstić information content (AvgIpc) is 2.95. The maximum absolute atomic E-state index is 13.6. The Morgan fingerprint density at radius 3 is 2.75 bits per heavy atom. The van der Waals surface area contributed by atoms with E-state index >= 15 is 0 Å². The molecule has 32 heavy (non-hydrogen) atoms. The van der Waals surface area contributed by atoms with E-state index in [1.54, 1.807) is 18.8 Å². The van der Waals surface area contributed by atoms with Crippen molar-refractivity contribution in [2.24, 2.45) is 5.41 Å². The van der Waals surface area contributed by atoms with Crippen LogP contribution >= 0.6 is 31.6 Å². The van der Waals surface area contributed by atoms with Crippen molar-refractivity contribution in [3.63, 3.8) is 0 Å². The zero-order chi connectivity index (χ0) is 24.3. The molecule has 5 atom stereocenters. The van der Waals surface area contributed by atoms with Crippen LogP contribution in [0.3, 0.4) is 0 Å². The van der Waals surface area contributed by atoms with Gasteiger partial charge in [-0.05, 0) is 20.8 Å². The van der Waals surface area contributed by atoms with E-state index < -0.39 is 60.7 Å². The molecule has 1 saturated heterocycles. The van der Waals surface area contributed by atoms with Crippen molar-refractivity contribution in [2.45, 2.75) is 44.1 Å². The lowest BCUT2D eigenvalue weighted by Crippen LogP contribution is -2.43. The van der Waals surface area contributed by atoms with E-state index in [1.165, 1.54) is 6.92 Å². The molecule has 1 aliphatic rings. The maximum atomic E-state index is 13.6. The molecule has 0 aromatic carbocycles. The number of aromatic nitrogens is 2. The van der Waals surface area contributed by atoms with Crippen molar-refractivity contribution in [3.8, 4) is 0 Å². The molecule has 1 aromatic rings. The van der Waals surface area contributed by atoms with Gasteiger partial charge in [0.05, 0.1) is 18.2 Å². The van der Waals surface area contributed by atoms with E-state index in [9.17, 15) is 28.4 Å². The van der Waals surface area contributed by atoms with E-state index in [0.29, 0.717) is 10.8 Å². The molecule has 0 saturated carbocycles. The highest BCUT2D eigenvalue weighted by molar-refractivity contribution is 8.13. The summed E-state index contributed by atoms with van der Waals surface area (Å²) >= 11 is 7.23. The number of ether oxygens (including phenoxy) is 1. The highest BCUT2D eigenvalue weighted by Crippen LogP contribution is 2.43. The Kier molecular flexibility index (Phi) is 9.16. The smallest absolute Gasteiger partial charge is 0.395 e. The lowest BCUT2D eigenvalue weighted by molar-refractivity contribution is -0.119. The molecule has 180 valence electrons. The summed E-state index contributed by atoms with van der Waals surface area (Å²) < 4.78 is 41.8. The first-order valence-electron chi connectivity index (χ1n) is 9.36. The first-order chi connectivity index (χ1) is 14.8. The second-order valence-electron chi connectivity index (χ2n) is 7.80. The summed E-state index contributed by atoms with van der Waals surface area (Å²) in [5, 5.41) is 19.3. The summed E-state index contributed by atoms with van der Waals surface area (Å²) in [6, 6.07) is 0. The summed E-state index contributed by atoms with van der Waals surface area (Å²) in [6.45, 7) is 3.71. The minimum absolute atomic E-state index is 0.0803. The first-order valence-corrected chi connectivity index (χ1v) is 11.8. The molecule has 2 rings (SSSR count). The quantitative estimate of drug-likeness (QED) is 0.231. The van der Waals surface area contributed by atoms with Gasteiger partial charge in [0.2, 0.25) is 5.82 Å². The third kappa shape index (κ3) is 6.23. The molecular formula is C17H24ClFN2O9PS+. The standard InChI is InChI=1S/C17H23ClFN2O9PS/c1-16(2,8-22)14(25)32-5-4-28-31(27)29-7-10-11(23)17(3,18)13(30-10)21-6-9(19)12(24)20-15(21)26/h6,10-11,13,22-23H,4-5,7-8H2,1-3H3/p+1/t10-,11-,13-,17-/m1/s1. The van der Waals surface area contributed by atoms with Crippen molar-refractivity contribution in [3.05, 3.63) is 32.9 Å². The van der Waals surface area contributed by atoms with Crippen LogP contribution in [-0.2, 0) is 23.1 Å². The number of carbonyl (C=O) groups excluding carboxylic acids is 1. The molecule has 3 N–H and O–H groups in total. The number of aliphatic hydroxyl groups is 2. The van der Waals surface area contributed by atoms with Crippen LogP contribution in [0.5, 0.6) is 0 Å². The number of thioether (sulfide) groups is 1. The van der Waals surface area contributed by atoms with Crippen molar-refractivity contribution in [1.82, 2.24) is 9.55 Å². The largest absolute Gasteiger partial charge is 0.697 e. The van der Waals surface area contributed by atoms with Crippen LogP contribution < -0.4 is 11.2 Å². The van der Waals surface area contributed by atoms with Gasteiger partial charge in [-0.25, -0.2) is 4.79 Å². The molecule has 11 nitrogen and oxygen atoms in total. The number of halogens is 2. The van der Waals surface area contributed by atoms with Crippen molar-refractivity contribution < 1.29 is 37.7 Å². The molecule has 1 unspecified atom stereocenters. The normalized spacial score (nSPS) is 26.3. The second kappa shape index (κ2) is 10.8. The molecule has 1 fully saturated rings. The molecule has 0 amide bonds. The molecule has 1 aromatic heterocycles. The summed E-state index contributed by atoms with van der Waals surface area (Å²) in [7, 11) is -2.63. The van der Waals surface area contributed by atoms with E-state index in [0.717, 1.165) is 11.8 Å². The Labute approximate surface area is 192 Å². The molecule has 15 heteroatoms. The van der Waals surface area contributed by atoms with Crippen LogP contribution in [0.25, 0.3) is 0 Å². The third-order valence-electron chi connectivity index (χ3n) is 4.70. The molecule has 0 spiro atoms. The van der Waals surface area contributed by atoms with E-state index in [1.807, 2.05) is 0 Å². The fourth-order valence-electron chi connectivity index (χ4n) is 2.66. The minimum Gasteiger partial charge on any atom is -0.395 e. The van der Waals surface area contributed by atoms with Gasteiger partial charge >= 0.3 is 13.9 Å². The van der Waals surface area contributed by atoms with Crippen LogP contribution in [-0.4, -0.2) is 67.5 Å². The number of H-pyrrole nitrogens is 1. The minimum atomic E-state index is -2.63. The first kappa shape index (κ1) is 27.1. The Hall–Kier alpha value is -1.18. The fourth-order valence-corrected chi connectivity index (χ4v) is 4.47. The number of alkyl halides is 1. The van der Waals surface area contributed by atoms with Crippen LogP contribution in [0.2, 0.25) is 0 Å². The number of hydrogen-bond donors (Lipinski definition) is 3. The number of rotatable bonds is 10. The van der Waals surface area contributed by atoms with Gasteiger partial charge in [-0.15, -0.1) is 20.6 Å². The topological polar surface area (TPSA) is 157 Å². The van der Waals surface area contributed by atoms with Crippen LogP contribution in [0.1, 0.15) is 27.0 Å². The molecule has 0 aliphatic carbocycles. The zero-order valence-electron chi connectivity index (χ0n) is 17.4. The summed E-state index contributed by atoms with van der Waals surface area (Å²) in [4.78, 5) is 35.3. The van der Waals surface area contributed by atoms with Crippen LogP contribution in [0.15, 0.2) is 15.8 Å². The fraction of sp³-hybridized carbons (Fsp3) is 0.706. The number of aromatic amines is 1. The maximum Gasteiger partial charge on any atom is 0.697 e. The van der Waals surface area contributed by atoms with Crippen molar-refractivity contribution in [1.29, 1.82) is 0 Å². The summed E-state index contributed by atoms with van der Waals surface area (Å²) in [6.07, 6.45) is -3.30. The number of nitrogens with zero attached hydrogens (tertiary/aromatic N) is 1. The van der Waals surface area contributed by atoms with E-state index in [-0.39, 0.29) is 24.1 Å². The third-order valence-corrected chi connectivity index (χ3v) is 7.05. The molecule has 0 radical (unpaired) electrons. The predicted molar refractivity (Wildman–Crippen MR) is 113 cm³/mol. The molecule has 0 bridgehead atoms. The molecule has 1 aliphatic heterocycles. The van der Waals surface area contributed by atoms with Gasteiger partial charge in [0.25, 0.3) is 5.56 Å². The van der Waals surface area contributed by atoms with Gasteiger partial charge in [0.15, 0.2) is 11.3 Å². The Morgan fingerprint density at radius 1 is 1.47 bits per heavy atom. The number of nitrogens with one attached hydrogen (secondary N) is 1. The van der Waals surface area contributed by atoms with Gasteiger partial charge in [-0.3, -0.25) is 19.1 Å². The number of aliphatic hydroxyl groups excluding tert-OH is 2. The Bertz CT molecular complexity index is 970. The van der Waals surface area contributed by atoms with Gasteiger partial charge in [-0.1, -0.05) is 11.8 Å². The molecular weight excluding hydrogens is 494 g/mol. The highest BCUT2D eigenvalue weighted by atomic mass is 35.5. The lowest BCUT2D eigenvalue weighted by atomic mass is 9.97. The van der Waals surface area contributed by atoms with Gasteiger partial charge < -0.3 is 14.9 Å². The van der Waals surface area contributed by atoms with E-state index in [4.69, 9.17) is 30.5 Å². The summed E-state index contributed by atoms with van der Waals surface area (Å²) in [5.74, 6) is -1.07. The zero-order valence-corrected chi connectivity index (χ0v) is 19.9. The van der Waals surface area contributed by atoms with E-state index in [2.05, 4.69) is 0 Å². The van der Waals surface area contributed by atoms with Gasteiger partial charge in [0.1, 0.15) is 30.3 Å². The SMILES string of the molecule is CC(C)(CO)C(=O)SCCO[P+](=O)OC[C@H]1O[C@@H](n2cc(F)c(=O)[nH]c2=O)[C@](C)(Cl)[C@@H]1O. The van der Waals surface area contributed by atoms with Gasteiger partial charge in [0, 0.05) is 10.3 Å². The predicted octanol–water partition coefficient (Wildman–Crippen LogP) is 0.900. The monoisotopic (exact) mass is 517 g/mol. The second-order valence-corrected chi connectivity index (χ2v) is 10.6. The lowest BCUT2D eigenvalue weighted by Gasteiger charge is -2.26. The molecule has 2 heterocycles. The average molecular weight is 518 g/mol. The Balaban J connectivity index is 1.89. The number of carbonyl (C=O) groups is 1. The van der Waals surface area contributed by atoms with Gasteiger partial charge in [-0.2, -0.15) is 4.39 Å². The van der Waals surface area contributed by atoms with Crippen LogP contribution in [0.4, 0.5) is 4.39 Å². The van der Waals surface area contributed by atoms with Crippen LogP contribution in [0, 0.1) is 11.2 Å².